The van der Waals surface area contributed by atoms with Crippen molar-refractivity contribution < 1.29 is 0 Å². The molecule has 0 fully saturated rings. The number of allylic oxidation sites excluding steroid dienone is 4. The first-order valence-corrected chi connectivity index (χ1v) is 30.7. The standard InChI is InChI=1S/C70H54Si2/c1-11-31-53(32-12-1)51-71(67(59-43-23-7-24-44-59)63(55-35-15-3-16-36-55)64(56-37-17-4-18-38-56)68(71)60-45-25-8-26-46-60)72(52-54-33-13-2-14-34-54)69(61-47-27-9-28-48-61)65(57-39-19-5-20-40-57)66(58-41-21-6-22-42-58)70(72)62-49-29-10-30-50-62/h1-50H,51-52H2. The van der Waals surface area contributed by atoms with Crippen molar-refractivity contribution in [3.63, 3.8) is 0 Å². The summed E-state index contributed by atoms with van der Waals surface area (Å²) < 4.78 is 0. The fourth-order valence-electron chi connectivity index (χ4n) is 12.5. The largest absolute Gasteiger partial charge is 0.129 e. The van der Waals surface area contributed by atoms with Gasteiger partial charge < -0.3 is 0 Å². The molecule has 0 bridgehead atoms. The first-order chi connectivity index (χ1) is 35.8. The lowest BCUT2D eigenvalue weighted by Gasteiger charge is -2.51. The van der Waals surface area contributed by atoms with Crippen molar-refractivity contribution in [2.45, 2.75) is 12.1 Å². The minimum absolute atomic E-state index is 0.880. The van der Waals surface area contributed by atoms with Gasteiger partial charge in [-0.1, -0.05) is 314 Å². The van der Waals surface area contributed by atoms with E-state index in [2.05, 4.69) is 303 Å². The molecule has 2 heteroatoms. The first kappa shape index (κ1) is 44.8. The van der Waals surface area contributed by atoms with Gasteiger partial charge in [-0.2, -0.15) is 0 Å². The summed E-state index contributed by atoms with van der Waals surface area (Å²) in [5, 5.41) is 6.06. The maximum Gasteiger partial charge on any atom is 0.129 e. The molecule has 0 aliphatic carbocycles. The van der Waals surface area contributed by atoms with E-state index in [1.807, 2.05) is 0 Å². The van der Waals surface area contributed by atoms with Gasteiger partial charge >= 0.3 is 0 Å². The Labute approximate surface area is 426 Å². The molecular formula is C70H54Si2. The second-order valence-electron chi connectivity index (χ2n) is 19.1. The van der Waals surface area contributed by atoms with Gasteiger partial charge in [0.2, 0.25) is 0 Å². The van der Waals surface area contributed by atoms with Gasteiger partial charge in [-0.25, -0.2) is 0 Å². The summed E-state index contributed by atoms with van der Waals surface area (Å²) in [4.78, 5) is 0. The molecule has 10 aromatic carbocycles. The second-order valence-corrected chi connectivity index (χ2v) is 30.5. The fourth-order valence-corrected chi connectivity index (χ4v) is 34.5. The van der Waals surface area contributed by atoms with Crippen molar-refractivity contribution in [1.82, 2.24) is 0 Å². The summed E-state index contributed by atoms with van der Waals surface area (Å²) in [5.74, 6) is 0. The Hall–Kier alpha value is -8.41. The van der Waals surface area contributed by atoms with Crippen LogP contribution in [0.2, 0.25) is 0 Å². The van der Waals surface area contributed by atoms with Crippen molar-refractivity contribution in [3.8, 4) is 0 Å². The highest BCUT2D eigenvalue weighted by molar-refractivity contribution is 7.67. The third-order valence-corrected chi connectivity index (χ3v) is 32.4. The second kappa shape index (κ2) is 19.8. The molecule has 2 heterocycles. The molecule has 0 saturated carbocycles. The van der Waals surface area contributed by atoms with E-state index in [0.29, 0.717) is 0 Å². The molecule has 0 N–H and O–H groups in total. The maximum atomic E-state index is 2.44. The van der Waals surface area contributed by atoms with Crippen LogP contribution < -0.4 is 0 Å². The van der Waals surface area contributed by atoms with Crippen LogP contribution in [0.1, 0.15) is 55.6 Å². The molecule has 2 aliphatic heterocycles. The van der Waals surface area contributed by atoms with Gasteiger partial charge in [0, 0.05) is 0 Å². The summed E-state index contributed by atoms with van der Waals surface area (Å²) in [6.45, 7) is 0. The van der Waals surface area contributed by atoms with Crippen molar-refractivity contribution in [2.24, 2.45) is 0 Å². The van der Waals surface area contributed by atoms with E-state index in [1.54, 1.807) is 0 Å². The van der Waals surface area contributed by atoms with Crippen LogP contribution in [-0.4, -0.2) is 15.2 Å². The average molecular weight is 951 g/mol. The highest BCUT2D eigenvalue weighted by atomic mass is 29.3. The van der Waals surface area contributed by atoms with Gasteiger partial charge in [0.05, 0.1) is 0 Å². The topological polar surface area (TPSA) is 0 Å². The molecule has 0 saturated heterocycles. The quantitative estimate of drug-likeness (QED) is 0.101. The maximum absolute atomic E-state index is 3.56. The Bertz CT molecular complexity index is 3150. The predicted molar refractivity (Wildman–Crippen MR) is 311 cm³/mol. The minimum Gasteiger partial charge on any atom is -0.0622 e. The molecule has 10 aromatic rings. The summed E-state index contributed by atoms with van der Waals surface area (Å²) >= 11 is 0. The fraction of sp³-hybridized carbons (Fsp3) is 0.0286. The smallest absolute Gasteiger partial charge is 0.0622 e. The first-order valence-electron chi connectivity index (χ1n) is 25.3. The Balaban J connectivity index is 1.45. The lowest BCUT2D eigenvalue weighted by molar-refractivity contribution is 1.32. The average Bonchev–Trinajstić information content (AvgIpc) is 3.95. The Morgan fingerprint density at radius 1 is 0.167 bits per heavy atom. The van der Waals surface area contributed by atoms with Crippen LogP contribution >= 0.6 is 0 Å². The summed E-state index contributed by atoms with van der Waals surface area (Å²) in [6.07, 6.45) is 0. The molecule has 0 spiro atoms. The van der Waals surface area contributed by atoms with E-state index in [4.69, 9.17) is 0 Å². The van der Waals surface area contributed by atoms with Crippen LogP contribution in [0.3, 0.4) is 0 Å². The monoisotopic (exact) mass is 950 g/mol. The lowest BCUT2D eigenvalue weighted by Crippen LogP contribution is -2.68. The zero-order valence-corrected chi connectivity index (χ0v) is 42.3. The predicted octanol–water partition coefficient (Wildman–Crippen LogP) is 17.2. The molecule has 72 heavy (non-hydrogen) atoms. The van der Waals surface area contributed by atoms with Gasteiger partial charge in [-0.15, -0.1) is 0 Å². The zero-order chi connectivity index (χ0) is 48.2. The van der Waals surface area contributed by atoms with E-state index in [0.717, 1.165) is 12.1 Å². The molecule has 0 nitrogen and oxygen atoms in total. The number of hydrogen-bond acceptors (Lipinski definition) is 0. The minimum atomic E-state index is -3.56. The highest BCUT2D eigenvalue weighted by Gasteiger charge is 2.69. The third kappa shape index (κ3) is 7.77. The SMILES string of the molecule is c1ccc(C[Si]2([Si]3(Cc4ccccc4)C(c4ccccc4)=C(c4ccccc4)C(c4ccccc4)=C3c3ccccc3)C(c3ccccc3)=C(c3ccccc3)C(c3ccccc3)=C2c2ccccc2)cc1. The number of benzene rings is 10. The molecule has 0 amide bonds. The van der Waals surface area contributed by atoms with Crippen LogP contribution in [0.25, 0.3) is 43.1 Å². The molecule has 0 aromatic heterocycles. The van der Waals surface area contributed by atoms with Crippen molar-refractivity contribution in [2.75, 3.05) is 0 Å². The Morgan fingerprint density at radius 2 is 0.319 bits per heavy atom. The van der Waals surface area contributed by atoms with E-state index in [9.17, 15) is 0 Å². The molecule has 0 unspecified atom stereocenters. The van der Waals surface area contributed by atoms with Gasteiger partial charge in [-0.05, 0) is 99.7 Å². The molecule has 342 valence electrons. The molecule has 0 atom stereocenters. The van der Waals surface area contributed by atoms with Crippen molar-refractivity contribution >= 4 is 58.3 Å². The van der Waals surface area contributed by atoms with Gasteiger partial charge in [-0.3, -0.25) is 0 Å². The summed E-state index contributed by atoms with van der Waals surface area (Å²) in [5.41, 5.74) is 18.3. The van der Waals surface area contributed by atoms with E-state index in [1.165, 1.54) is 98.7 Å². The van der Waals surface area contributed by atoms with Crippen LogP contribution in [0.5, 0.6) is 0 Å². The van der Waals surface area contributed by atoms with Gasteiger partial charge in [0.1, 0.15) is 15.2 Å². The van der Waals surface area contributed by atoms with Gasteiger partial charge in [0.15, 0.2) is 0 Å². The van der Waals surface area contributed by atoms with E-state index in [-0.39, 0.29) is 0 Å². The van der Waals surface area contributed by atoms with Crippen molar-refractivity contribution in [3.05, 3.63) is 359 Å². The third-order valence-electron chi connectivity index (χ3n) is 15.1. The lowest BCUT2D eigenvalue weighted by atomic mass is 9.89. The Kier molecular flexibility index (Phi) is 12.3. The van der Waals surface area contributed by atoms with E-state index >= 15 is 0 Å². The molecule has 0 radical (unpaired) electrons. The zero-order valence-electron chi connectivity index (χ0n) is 40.3. The van der Waals surface area contributed by atoms with Crippen LogP contribution in [-0.2, 0) is 12.1 Å². The Morgan fingerprint density at radius 3 is 0.500 bits per heavy atom. The van der Waals surface area contributed by atoms with Crippen LogP contribution in [0, 0.1) is 0 Å². The molecular weight excluding hydrogens is 897 g/mol. The summed E-state index contributed by atoms with van der Waals surface area (Å²) in [7, 11) is -7.13. The molecule has 2 aliphatic rings. The number of hydrogen-bond donors (Lipinski definition) is 0. The van der Waals surface area contributed by atoms with Crippen LogP contribution in [0.15, 0.2) is 303 Å². The van der Waals surface area contributed by atoms with Gasteiger partial charge in [0.25, 0.3) is 0 Å². The van der Waals surface area contributed by atoms with E-state index < -0.39 is 15.2 Å². The number of rotatable bonds is 13. The summed E-state index contributed by atoms with van der Waals surface area (Å²) in [6, 6.07) is 117. The normalized spacial score (nSPS) is 15.1. The van der Waals surface area contributed by atoms with Crippen molar-refractivity contribution in [1.29, 1.82) is 0 Å². The highest BCUT2D eigenvalue weighted by Crippen LogP contribution is 2.68. The van der Waals surface area contributed by atoms with Crippen LogP contribution in [0.4, 0.5) is 0 Å². The molecule has 12 rings (SSSR count).